The molecule has 0 radical (unpaired) electrons. The van der Waals surface area contributed by atoms with Gasteiger partial charge in [-0.1, -0.05) is 12.1 Å². The van der Waals surface area contributed by atoms with Crippen molar-refractivity contribution in [2.24, 2.45) is 5.73 Å². The summed E-state index contributed by atoms with van der Waals surface area (Å²) in [4.78, 5) is 2.34. The maximum Gasteiger partial charge on any atom is 0.0368 e. The van der Waals surface area contributed by atoms with Gasteiger partial charge in [-0.2, -0.15) is 0 Å². The Bertz CT molecular complexity index is 316. The third-order valence-corrected chi connectivity index (χ3v) is 3.11. The third-order valence-electron chi connectivity index (χ3n) is 3.11. The molecular weight excluding hydrogens is 172 g/mol. The Balaban J connectivity index is 2.07. The molecule has 14 heavy (non-hydrogen) atoms. The van der Waals surface area contributed by atoms with Crippen LogP contribution in [0.5, 0.6) is 0 Å². The number of aryl methyl sites for hydroxylation is 1. The lowest BCUT2D eigenvalue weighted by Gasteiger charge is -2.40. The second-order valence-electron chi connectivity index (χ2n) is 4.34. The van der Waals surface area contributed by atoms with Crippen molar-refractivity contribution < 1.29 is 0 Å². The lowest BCUT2D eigenvalue weighted by atomic mass is 9.86. The first-order chi connectivity index (χ1) is 6.66. The summed E-state index contributed by atoms with van der Waals surface area (Å²) in [6.45, 7) is 2.13. The normalized spacial score (nSPS) is 25.6. The number of hydrogen-bond donors (Lipinski definition) is 1. The van der Waals surface area contributed by atoms with E-state index in [1.165, 1.54) is 11.3 Å². The van der Waals surface area contributed by atoms with E-state index < -0.39 is 0 Å². The summed E-state index contributed by atoms with van der Waals surface area (Å²) < 4.78 is 0. The summed E-state index contributed by atoms with van der Waals surface area (Å²) in [5.74, 6) is 0. The smallest absolute Gasteiger partial charge is 0.0368 e. The molecule has 1 saturated carbocycles. The van der Waals surface area contributed by atoms with Crippen molar-refractivity contribution >= 4 is 5.69 Å². The second-order valence-corrected chi connectivity index (χ2v) is 4.34. The number of anilines is 1. The van der Waals surface area contributed by atoms with Crippen LogP contribution >= 0.6 is 0 Å². The highest BCUT2D eigenvalue weighted by Crippen LogP contribution is 2.27. The zero-order valence-corrected chi connectivity index (χ0v) is 8.90. The minimum atomic E-state index is 0.423. The SMILES string of the molecule is Cc1cccc(N(C)C2CC(N)C2)c1. The van der Waals surface area contributed by atoms with Gasteiger partial charge in [-0.15, -0.1) is 0 Å². The Morgan fingerprint density at radius 1 is 1.36 bits per heavy atom. The molecule has 0 saturated heterocycles. The van der Waals surface area contributed by atoms with E-state index in [1.807, 2.05) is 0 Å². The Morgan fingerprint density at radius 2 is 2.07 bits per heavy atom. The van der Waals surface area contributed by atoms with Gasteiger partial charge in [0.15, 0.2) is 0 Å². The van der Waals surface area contributed by atoms with Gasteiger partial charge in [-0.25, -0.2) is 0 Å². The van der Waals surface area contributed by atoms with Crippen molar-refractivity contribution in [1.82, 2.24) is 0 Å². The summed E-state index contributed by atoms with van der Waals surface area (Å²) in [5, 5.41) is 0. The molecule has 1 aromatic carbocycles. The third kappa shape index (κ3) is 1.75. The van der Waals surface area contributed by atoms with Crippen molar-refractivity contribution in [3.63, 3.8) is 0 Å². The van der Waals surface area contributed by atoms with Gasteiger partial charge in [0.05, 0.1) is 0 Å². The van der Waals surface area contributed by atoms with Crippen LogP contribution in [-0.2, 0) is 0 Å². The van der Waals surface area contributed by atoms with E-state index >= 15 is 0 Å². The number of hydrogen-bond acceptors (Lipinski definition) is 2. The molecule has 2 nitrogen and oxygen atoms in total. The molecule has 1 aliphatic carbocycles. The fraction of sp³-hybridized carbons (Fsp3) is 0.500. The monoisotopic (exact) mass is 190 g/mol. The topological polar surface area (TPSA) is 29.3 Å². The van der Waals surface area contributed by atoms with Gasteiger partial charge in [0.25, 0.3) is 0 Å². The van der Waals surface area contributed by atoms with E-state index in [-0.39, 0.29) is 0 Å². The molecule has 0 atom stereocenters. The largest absolute Gasteiger partial charge is 0.371 e. The molecule has 0 heterocycles. The first kappa shape index (κ1) is 9.53. The Labute approximate surface area is 85.7 Å². The summed E-state index contributed by atoms with van der Waals surface area (Å²) in [6, 6.07) is 9.70. The minimum absolute atomic E-state index is 0.423. The molecule has 2 N–H and O–H groups in total. The van der Waals surface area contributed by atoms with Crippen LogP contribution in [-0.4, -0.2) is 19.1 Å². The van der Waals surface area contributed by atoms with Gasteiger partial charge < -0.3 is 10.6 Å². The van der Waals surface area contributed by atoms with Crippen LogP contribution in [0.25, 0.3) is 0 Å². The van der Waals surface area contributed by atoms with Crippen molar-refractivity contribution in [3.8, 4) is 0 Å². The fourth-order valence-corrected chi connectivity index (χ4v) is 2.00. The van der Waals surface area contributed by atoms with E-state index in [0.29, 0.717) is 12.1 Å². The lowest BCUT2D eigenvalue weighted by Crippen LogP contribution is -2.49. The molecule has 1 aromatic rings. The Hall–Kier alpha value is -1.02. The lowest BCUT2D eigenvalue weighted by molar-refractivity contribution is 0.340. The van der Waals surface area contributed by atoms with Crippen molar-refractivity contribution in [1.29, 1.82) is 0 Å². The van der Waals surface area contributed by atoms with Gasteiger partial charge in [-0.3, -0.25) is 0 Å². The molecule has 0 aromatic heterocycles. The average molecular weight is 190 g/mol. The highest BCUT2D eigenvalue weighted by atomic mass is 15.1. The summed E-state index contributed by atoms with van der Waals surface area (Å²) in [5.41, 5.74) is 8.41. The predicted molar refractivity (Wildman–Crippen MR) is 60.6 cm³/mol. The molecule has 1 aliphatic rings. The van der Waals surface area contributed by atoms with E-state index in [1.54, 1.807) is 0 Å². The highest BCUT2D eigenvalue weighted by Gasteiger charge is 2.29. The standard InChI is InChI=1S/C12H18N2/c1-9-4-3-5-11(6-9)14(2)12-7-10(13)8-12/h3-6,10,12H,7-8,13H2,1-2H3. The number of nitrogens with zero attached hydrogens (tertiary/aromatic N) is 1. The zero-order valence-electron chi connectivity index (χ0n) is 8.90. The van der Waals surface area contributed by atoms with E-state index in [0.717, 1.165) is 12.8 Å². The zero-order chi connectivity index (χ0) is 10.1. The molecule has 0 bridgehead atoms. The molecule has 2 rings (SSSR count). The molecule has 0 amide bonds. The second kappa shape index (κ2) is 3.62. The summed E-state index contributed by atoms with van der Waals surface area (Å²) in [6.07, 6.45) is 2.26. The van der Waals surface area contributed by atoms with Crippen LogP contribution in [0.1, 0.15) is 18.4 Å². The Morgan fingerprint density at radius 3 is 2.64 bits per heavy atom. The molecule has 1 fully saturated rings. The van der Waals surface area contributed by atoms with Gasteiger partial charge in [0.1, 0.15) is 0 Å². The van der Waals surface area contributed by atoms with Crippen LogP contribution in [0.15, 0.2) is 24.3 Å². The van der Waals surface area contributed by atoms with E-state index in [9.17, 15) is 0 Å². The van der Waals surface area contributed by atoms with Crippen molar-refractivity contribution in [3.05, 3.63) is 29.8 Å². The average Bonchev–Trinajstić information content (AvgIpc) is 2.12. The van der Waals surface area contributed by atoms with Crippen LogP contribution in [0.3, 0.4) is 0 Å². The van der Waals surface area contributed by atoms with Crippen molar-refractivity contribution in [2.75, 3.05) is 11.9 Å². The molecular formula is C12H18N2. The highest BCUT2D eigenvalue weighted by molar-refractivity contribution is 5.49. The van der Waals surface area contributed by atoms with Crippen LogP contribution in [0.2, 0.25) is 0 Å². The van der Waals surface area contributed by atoms with Crippen LogP contribution in [0, 0.1) is 6.92 Å². The van der Waals surface area contributed by atoms with Gasteiger partial charge >= 0.3 is 0 Å². The molecule has 0 aliphatic heterocycles. The quantitative estimate of drug-likeness (QED) is 0.772. The van der Waals surface area contributed by atoms with Gasteiger partial charge in [-0.05, 0) is 37.5 Å². The maximum atomic E-state index is 5.79. The van der Waals surface area contributed by atoms with E-state index in [4.69, 9.17) is 5.73 Å². The first-order valence-corrected chi connectivity index (χ1v) is 5.22. The summed E-state index contributed by atoms with van der Waals surface area (Å²) in [7, 11) is 2.16. The maximum absolute atomic E-state index is 5.79. The fourth-order valence-electron chi connectivity index (χ4n) is 2.00. The first-order valence-electron chi connectivity index (χ1n) is 5.22. The predicted octanol–water partition coefficient (Wildman–Crippen LogP) is 1.92. The minimum Gasteiger partial charge on any atom is -0.371 e. The molecule has 0 spiro atoms. The Kier molecular flexibility index (Phi) is 2.46. The molecule has 76 valence electrons. The van der Waals surface area contributed by atoms with Gasteiger partial charge in [0, 0.05) is 24.8 Å². The molecule has 0 unspecified atom stereocenters. The molecule has 2 heteroatoms. The number of nitrogens with two attached hydrogens (primary N) is 1. The van der Waals surface area contributed by atoms with Crippen molar-refractivity contribution in [2.45, 2.75) is 31.8 Å². The number of rotatable bonds is 2. The van der Waals surface area contributed by atoms with Crippen LogP contribution in [0.4, 0.5) is 5.69 Å². The van der Waals surface area contributed by atoms with Gasteiger partial charge in [0.2, 0.25) is 0 Å². The van der Waals surface area contributed by atoms with E-state index in [2.05, 4.69) is 43.1 Å². The van der Waals surface area contributed by atoms with Crippen LogP contribution < -0.4 is 10.6 Å². The summed E-state index contributed by atoms with van der Waals surface area (Å²) >= 11 is 0. The number of benzene rings is 1.